The monoisotopic (exact) mass is 314 g/mol. The average Bonchev–Trinajstić information content (AvgIpc) is 2.61. The number of nitriles is 1. The molecule has 118 valence electrons. The number of rotatable bonds is 3. The first kappa shape index (κ1) is 15.8. The van der Waals surface area contributed by atoms with Crippen LogP contribution < -0.4 is 5.32 Å². The van der Waals surface area contributed by atoms with Gasteiger partial charge in [-0.1, -0.05) is 48.5 Å². The van der Waals surface area contributed by atoms with Gasteiger partial charge in [-0.2, -0.15) is 5.26 Å². The summed E-state index contributed by atoms with van der Waals surface area (Å²) in [6.45, 7) is 3.85. The molecule has 0 aliphatic rings. The van der Waals surface area contributed by atoms with Crippen molar-refractivity contribution in [3.63, 3.8) is 0 Å². The molecule has 0 aromatic heterocycles. The van der Waals surface area contributed by atoms with Crippen molar-refractivity contribution < 1.29 is 4.79 Å². The van der Waals surface area contributed by atoms with Crippen LogP contribution in [0, 0.1) is 18.3 Å². The molecule has 0 bridgehead atoms. The summed E-state index contributed by atoms with van der Waals surface area (Å²) in [5.41, 5.74) is 2.97. The minimum absolute atomic E-state index is 0.131. The van der Waals surface area contributed by atoms with Gasteiger partial charge in [-0.05, 0) is 47.9 Å². The molecular formula is C21H18N2O. The number of benzene rings is 3. The van der Waals surface area contributed by atoms with Crippen LogP contribution in [0.4, 0.5) is 0 Å². The van der Waals surface area contributed by atoms with Gasteiger partial charge in [0.1, 0.15) is 0 Å². The van der Waals surface area contributed by atoms with Crippen LogP contribution in [0.3, 0.4) is 0 Å². The van der Waals surface area contributed by atoms with Crippen LogP contribution in [0.25, 0.3) is 10.8 Å². The topological polar surface area (TPSA) is 52.9 Å². The zero-order chi connectivity index (χ0) is 17.1. The van der Waals surface area contributed by atoms with Gasteiger partial charge in [0.05, 0.1) is 17.7 Å². The van der Waals surface area contributed by atoms with Crippen LogP contribution >= 0.6 is 0 Å². The van der Waals surface area contributed by atoms with Gasteiger partial charge in [0.25, 0.3) is 5.91 Å². The summed E-state index contributed by atoms with van der Waals surface area (Å²) in [7, 11) is 0. The lowest BCUT2D eigenvalue weighted by atomic mass is 9.99. The third kappa shape index (κ3) is 3.00. The van der Waals surface area contributed by atoms with Crippen molar-refractivity contribution >= 4 is 16.7 Å². The first-order valence-electron chi connectivity index (χ1n) is 7.89. The van der Waals surface area contributed by atoms with E-state index in [4.69, 9.17) is 5.26 Å². The van der Waals surface area contributed by atoms with E-state index in [0.29, 0.717) is 11.1 Å². The van der Waals surface area contributed by atoms with Gasteiger partial charge in [0.2, 0.25) is 0 Å². The van der Waals surface area contributed by atoms with Crippen LogP contribution in [-0.2, 0) is 0 Å². The molecule has 3 aromatic rings. The van der Waals surface area contributed by atoms with Crippen molar-refractivity contribution in [2.75, 3.05) is 0 Å². The Morgan fingerprint density at radius 1 is 1.08 bits per heavy atom. The number of nitrogens with zero attached hydrogens (tertiary/aromatic N) is 1. The fourth-order valence-corrected chi connectivity index (χ4v) is 2.92. The quantitative estimate of drug-likeness (QED) is 0.773. The Kier molecular flexibility index (Phi) is 4.31. The highest BCUT2D eigenvalue weighted by molar-refractivity contribution is 5.96. The highest BCUT2D eigenvalue weighted by atomic mass is 16.1. The number of amides is 1. The molecule has 3 aromatic carbocycles. The van der Waals surface area contributed by atoms with Crippen LogP contribution in [0.2, 0.25) is 0 Å². The van der Waals surface area contributed by atoms with E-state index in [-0.39, 0.29) is 11.9 Å². The normalized spacial score (nSPS) is 11.7. The van der Waals surface area contributed by atoms with E-state index in [1.54, 1.807) is 18.2 Å². The third-order valence-electron chi connectivity index (χ3n) is 4.25. The second-order valence-electron chi connectivity index (χ2n) is 5.91. The van der Waals surface area contributed by atoms with E-state index in [9.17, 15) is 4.79 Å². The van der Waals surface area contributed by atoms with Crippen LogP contribution in [-0.4, -0.2) is 5.91 Å². The van der Waals surface area contributed by atoms with Gasteiger partial charge in [-0.25, -0.2) is 0 Å². The fourth-order valence-electron chi connectivity index (χ4n) is 2.92. The lowest BCUT2D eigenvalue weighted by Crippen LogP contribution is -2.27. The summed E-state index contributed by atoms with van der Waals surface area (Å²) >= 11 is 0. The molecule has 0 unspecified atom stereocenters. The summed E-state index contributed by atoms with van der Waals surface area (Å²) in [5.74, 6) is -0.162. The molecule has 0 radical (unpaired) electrons. The third-order valence-corrected chi connectivity index (χ3v) is 4.25. The van der Waals surface area contributed by atoms with Crippen molar-refractivity contribution in [1.82, 2.24) is 5.32 Å². The first-order valence-corrected chi connectivity index (χ1v) is 7.89. The molecule has 3 heteroatoms. The molecule has 0 spiro atoms. The number of carbonyl (C=O) groups excluding carboxylic acids is 1. The maximum absolute atomic E-state index is 12.6. The highest BCUT2D eigenvalue weighted by Gasteiger charge is 2.15. The molecular weight excluding hydrogens is 296 g/mol. The summed E-state index contributed by atoms with van der Waals surface area (Å²) in [6.07, 6.45) is 0. The molecule has 0 heterocycles. The molecule has 3 rings (SSSR count). The predicted molar refractivity (Wildman–Crippen MR) is 95.7 cm³/mol. The van der Waals surface area contributed by atoms with Gasteiger partial charge in [0, 0.05) is 5.56 Å². The van der Waals surface area contributed by atoms with Crippen LogP contribution in [0.15, 0.2) is 60.7 Å². The van der Waals surface area contributed by atoms with Gasteiger partial charge >= 0.3 is 0 Å². The summed E-state index contributed by atoms with van der Waals surface area (Å²) in [5, 5.41) is 14.4. The molecule has 0 aliphatic heterocycles. The number of aryl methyl sites for hydroxylation is 1. The van der Waals surface area contributed by atoms with Gasteiger partial charge in [-0.3, -0.25) is 4.79 Å². The lowest BCUT2D eigenvalue weighted by Gasteiger charge is -2.17. The Morgan fingerprint density at radius 2 is 1.83 bits per heavy atom. The lowest BCUT2D eigenvalue weighted by molar-refractivity contribution is 0.0939. The maximum atomic E-state index is 12.6. The Hall–Kier alpha value is -3.12. The van der Waals surface area contributed by atoms with Crippen molar-refractivity contribution in [2.45, 2.75) is 19.9 Å². The Balaban J connectivity index is 1.90. The number of carbonyl (C=O) groups is 1. The molecule has 1 N–H and O–H groups in total. The van der Waals surface area contributed by atoms with E-state index < -0.39 is 0 Å². The minimum Gasteiger partial charge on any atom is -0.345 e. The van der Waals surface area contributed by atoms with Crippen LogP contribution in [0.1, 0.15) is 40.0 Å². The number of hydrogen-bond acceptors (Lipinski definition) is 2. The van der Waals surface area contributed by atoms with Gasteiger partial charge < -0.3 is 5.32 Å². The first-order chi connectivity index (χ1) is 11.6. The molecule has 3 nitrogen and oxygen atoms in total. The van der Waals surface area contributed by atoms with Crippen molar-refractivity contribution in [3.8, 4) is 6.07 Å². The average molecular weight is 314 g/mol. The van der Waals surface area contributed by atoms with Crippen molar-refractivity contribution in [2.24, 2.45) is 0 Å². The number of nitrogens with one attached hydrogen (secondary N) is 1. The predicted octanol–water partition coefficient (Wildman–Crippen LogP) is 4.51. The Labute approximate surface area is 141 Å². The Bertz CT molecular complexity index is 948. The van der Waals surface area contributed by atoms with E-state index >= 15 is 0 Å². The summed E-state index contributed by atoms with van der Waals surface area (Å²) in [6, 6.07) is 21.3. The fraction of sp³-hybridized carbons (Fsp3) is 0.143. The molecule has 0 saturated carbocycles. The summed E-state index contributed by atoms with van der Waals surface area (Å²) < 4.78 is 0. The molecule has 24 heavy (non-hydrogen) atoms. The molecule has 0 saturated heterocycles. The molecule has 0 aliphatic carbocycles. The number of fused-ring (bicyclic) bond motifs is 1. The van der Waals surface area contributed by atoms with Crippen molar-refractivity contribution in [3.05, 3.63) is 82.9 Å². The van der Waals surface area contributed by atoms with E-state index in [2.05, 4.69) is 29.6 Å². The molecule has 0 fully saturated rings. The van der Waals surface area contributed by atoms with E-state index in [0.717, 1.165) is 21.9 Å². The van der Waals surface area contributed by atoms with Crippen LogP contribution in [0.5, 0.6) is 0 Å². The maximum Gasteiger partial charge on any atom is 0.252 e. The van der Waals surface area contributed by atoms with Crippen molar-refractivity contribution in [1.29, 1.82) is 5.26 Å². The Morgan fingerprint density at radius 3 is 2.62 bits per heavy atom. The SMILES string of the molecule is Cc1ccc(C#N)cc1C(=O)N[C@H](C)c1cccc2ccccc12. The minimum atomic E-state index is -0.162. The number of hydrogen-bond donors (Lipinski definition) is 1. The largest absolute Gasteiger partial charge is 0.345 e. The zero-order valence-corrected chi connectivity index (χ0v) is 13.7. The standard InChI is InChI=1S/C21H18N2O/c1-14-10-11-16(13-22)12-20(14)21(24)23-15(2)18-9-5-7-17-6-3-4-8-19(17)18/h3-12,15H,1-2H3,(H,23,24)/t15-/m1/s1. The smallest absolute Gasteiger partial charge is 0.252 e. The molecule has 1 amide bonds. The van der Waals surface area contributed by atoms with E-state index in [1.165, 1.54) is 0 Å². The van der Waals surface area contributed by atoms with Gasteiger partial charge in [0.15, 0.2) is 0 Å². The second kappa shape index (κ2) is 6.55. The second-order valence-corrected chi connectivity index (χ2v) is 5.91. The van der Waals surface area contributed by atoms with E-state index in [1.807, 2.05) is 38.1 Å². The van der Waals surface area contributed by atoms with Gasteiger partial charge in [-0.15, -0.1) is 0 Å². The zero-order valence-electron chi connectivity index (χ0n) is 13.7. The highest BCUT2D eigenvalue weighted by Crippen LogP contribution is 2.24. The summed E-state index contributed by atoms with van der Waals surface area (Å²) in [4.78, 5) is 12.6. The molecule has 1 atom stereocenters.